The molecule has 3 aliphatic rings. The van der Waals surface area contributed by atoms with Crippen LogP contribution in [-0.2, 0) is 23.9 Å². The quantitative estimate of drug-likeness (QED) is 0.160. The third-order valence-corrected chi connectivity index (χ3v) is 10.4. The van der Waals surface area contributed by atoms with Crippen LogP contribution in [0.1, 0.15) is 44.7 Å². The number of esters is 1. The molecule has 3 aromatic carbocycles. The van der Waals surface area contributed by atoms with Gasteiger partial charge in [-0.1, -0.05) is 79.7 Å². The number of likely N-dealkylation sites (tertiary alicyclic amines) is 1. The number of anilines is 1. The first-order valence-corrected chi connectivity index (χ1v) is 16.1. The fourth-order valence-electron chi connectivity index (χ4n) is 8.11. The van der Waals surface area contributed by atoms with Gasteiger partial charge in [-0.2, -0.15) is 0 Å². The third kappa shape index (κ3) is 4.95. The summed E-state index contributed by atoms with van der Waals surface area (Å²) >= 11 is 0. The highest BCUT2D eigenvalue weighted by Gasteiger charge is 2.81. The van der Waals surface area contributed by atoms with Crippen LogP contribution in [0.15, 0.2) is 98.1 Å². The summed E-state index contributed by atoms with van der Waals surface area (Å²) in [7, 11) is 0. The summed E-state index contributed by atoms with van der Waals surface area (Å²) in [6, 6.07) is 21.0. The number of ether oxygens (including phenoxy) is 2. The molecule has 3 fully saturated rings. The van der Waals surface area contributed by atoms with Gasteiger partial charge in [-0.25, -0.2) is 0 Å². The number of fused-ring (bicyclic) bond motifs is 2. The minimum atomic E-state index is -1.30. The second kappa shape index (κ2) is 12.5. The number of amides is 2. The smallest absolute Gasteiger partial charge is 0.312 e. The molecule has 0 aliphatic carbocycles. The maximum absolute atomic E-state index is 15.1. The van der Waals surface area contributed by atoms with Crippen molar-refractivity contribution in [2.45, 2.75) is 56.4 Å². The highest BCUT2D eigenvalue weighted by Crippen LogP contribution is 2.66. The Bertz CT molecular complexity index is 1660. The van der Waals surface area contributed by atoms with Crippen LogP contribution in [0.25, 0.3) is 10.8 Å². The number of allylic oxidation sites excluding steroid dienone is 1. The fourth-order valence-corrected chi connectivity index (χ4v) is 8.11. The summed E-state index contributed by atoms with van der Waals surface area (Å²) in [5, 5.41) is 12.8. The van der Waals surface area contributed by atoms with Gasteiger partial charge in [0.25, 0.3) is 5.91 Å². The molecule has 3 aromatic rings. The van der Waals surface area contributed by atoms with Crippen molar-refractivity contribution in [3.63, 3.8) is 0 Å². The second-order valence-corrected chi connectivity index (χ2v) is 12.9. The lowest BCUT2D eigenvalue weighted by molar-refractivity contribution is -0.162. The van der Waals surface area contributed by atoms with E-state index in [0.717, 1.165) is 10.8 Å². The van der Waals surface area contributed by atoms with Crippen molar-refractivity contribution >= 4 is 34.2 Å². The molecule has 8 nitrogen and oxygen atoms in total. The lowest BCUT2D eigenvalue weighted by Crippen LogP contribution is -2.57. The maximum Gasteiger partial charge on any atom is 0.312 e. The number of rotatable bonds is 12. The molecule has 6 rings (SSSR count). The number of hydrogen-bond donors (Lipinski definition) is 1. The average molecular weight is 623 g/mol. The predicted octanol–water partition coefficient (Wildman–Crippen LogP) is 5.61. The van der Waals surface area contributed by atoms with E-state index in [1.54, 1.807) is 17.1 Å². The van der Waals surface area contributed by atoms with Crippen LogP contribution in [0, 0.1) is 17.8 Å². The molecule has 1 N–H and O–H groups in total. The number of carbonyl (C=O) groups excluding carboxylic acids is 3. The molecule has 8 heteroatoms. The molecule has 240 valence electrons. The Balaban J connectivity index is 1.48. The summed E-state index contributed by atoms with van der Waals surface area (Å²) in [4.78, 5) is 46.9. The molecule has 2 bridgehead atoms. The molecular formula is C38H42N2O6. The molecule has 46 heavy (non-hydrogen) atoms. The Morgan fingerprint density at radius 3 is 2.50 bits per heavy atom. The number of aliphatic hydroxyl groups is 1. The van der Waals surface area contributed by atoms with Crippen molar-refractivity contribution in [2.75, 3.05) is 24.7 Å². The van der Waals surface area contributed by atoms with Gasteiger partial charge in [0, 0.05) is 12.2 Å². The van der Waals surface area contributed by atoms with Crippen molar-refractivity contribution in [3.8, 4) is 0 Å². The minimum Gasteiger partial charge on any atom is -0.465 e. The van der Waals surface area contributed by atoms with Gasteiger partial charge in [0.15, 0.2) is 0 Å². The van der Waals surface area contributed by atoms with E-state index in [1.807, 2.05) is 86.6 Å². The second-order valence-electron chi connectivity index (χ2n) is 12.9. The Kier molecular flexibility index (Phi) is 8.61. The first-order valence-electron chi connectivity index (χ1n) is 16.1. The summed E-state index contributed by atoms with van der Waals surface area (Å²) in [6.07, 6.45) is 5.14. The summed E-state index contributed by atoms with van der Waals surface area (Å²) < 4.78 is 12.7. The van der Waals surface area contributed by atoms with Crippen LogP contribution in [0.2, 0.25) is 0 Å². The van der Waals surface area contributed by atoms with Crippen LogP contribution in [0.4, 0.5) is 5.69 Å². The van der Waals surface area contributed by atoms with Gasteiger partial charge >= 0.3 is 5.97 Å². The number of carbonyl (C=O) groups is 3. The zero-order valence-corrected chi connectivity index (χ0v) is 26.5. The Morgan fingerprint density at radius 1 is 1.09 bits per heavy atom. The van der Waals surface area contributed by atoms with E-state index >= 15 is 4.79 Å². The Hall–Kier alpha value is -4.27. The van der Waals surface area contributed by atoms with E-state index in [9.17, 15) is 14.7 Å². The summed E-state index contributed by atoms with van der Waals surface area (Å²) in [6.45, 7) is 11.5. The predicted molar refractivity (Wildman–Crippen MR) is 177 cm³/mol. The zero-order valence-electron chi connectivity index (χ0n) is 26.5. The third-order valence-electron chi connectivity index (χ3n) is 10.4. The standard InChI is InChI=1S/C38H42N2O6/c1-5-7-13-21-45-36(44)32-31-34(42)40(30(24-41)27-15-9-8-10-16-27)33(38(31)23-25(3)37(32,4)46-38)35(43)39(20-6-2)29-19-18-26-14-11-12-17-28(26)22-29/h5-6,8-12,14-19,22,25,30-33,41H,1-2,7,13,20-21,23-24H2,3-4H3/t25?,30-,31+,32+,33?,37-,38?/m1/s1. The van der Waals surface area contributed by atoms with Crippen molar-refractivity contribution in [2.24, 2.45) is 17.8 Å². The molecule has 0 radical (unpaired) electrons. The number of benzene rings is 3. The highest BCUT2D eigenvalue weighted by atomic mass is 16.6. The molecule has 3 aliphatic heterocycles. The van der Waals surface area contributed by atoms with E-state index in [4.69, 9.17) is 9.47 Å². The molecule has 2 amide bonds. The fraction of sp³-hybridized carbons (Fsp3) is 0.395. The van der Waals surface area contributed by atoms with Gasteiger partial charge in [-0.05, 0) is 60.6 Å². The van der Waals surface area contributed by atoms with E-state index < -0.39 is 47.7 Å². The molecule has 1 spiro atoms. The normalized spacial score (nSPS) is 28.6. The Labute approximate surface area is 270 Å². The zero-order chi connectivity index (χ0) is 32.6. The molecule has 0 aromatic heterocycles. The van der Waals surface area contributed by atoms with Crippen molar-refractivity contribution in [3.05, 3.63) is 104 Å². The van der Waals surface area contributed by atoms with Crippen LogP contribution >= 0.6 is 0 Å². The number of aliphatic hydroxyl groups excluding tert-OH is 1. The van der Waals surface area contributed by atoms with E-state index in [2.05, 4.69) is 13.2 Å². The van der Waals surface area contributed by atoms with Gasteiger partial charge in [0.1, 0.15) is 17.6 Å². The number of nitrogens with zero attached hydrogens (tertiary/aromatic N) is 2. The van der Waals surface area contributed by atoms with Gasteiger partial charge in [-0.3, -0.25) is 14.4 Å². The average Bonchev–Trinajstić information content (AvgIpc) is 3.58. The van der Waals surface area contributed by atoms with Gasteiger partial charge in [-0.15, -0.1) is 13.2 Å². The number of unbranched alkanes of at least 4 members (excludes halogenated alkanes) is 1. The van der Waals surface area contributed by atoms with Crippen LogP contribution in [-0.4, -0.2) is 64.8 Å². The molecule has 3 saturated heterocycles. The van der Waals surface area contributed by atoms with Crippen LogP contribution < -0.4 is 4.90 Å². The van der Waals surface area contributed by atoms with E-state index in [0.29, 0.717) is 30.5 Å². The molecular weight excluding hydrogens is 580 g/mol. The van der Waals surface area contributed by atoms with Crippen LogP contribution in [0.5, 0.6) is 0 Å². The van der Waals surface area contributed by atoms with E-state index in [1.165, 1.54) is 4.90 Å². The molecule has 3 unspecified atom stereocenters. The topological polar surface area (TPSA) is 96.4 Å². The van der Waals surface area contributed by atoms with Crippen molar-refractivity contribution < 1.29 is 29.0 Å². The number of hydrogen-bond acceptors (Lipinski definition) is 6. The monoisotopic (exact) mass is 622 g/mol. The maximum atomic E-state index is 15.1. The highest BCUT2D eigenvalue weighted by molar-refractivity contribution is 6.06. The lowest BCUT2D eigenvalue weighted by Gasteiger charge is -2.39. The van der Waals surface area contributed by atoms with E-state index in [-0.39, 0.29) is 30.9 Å². The molecule has 3 heterocycles. The Morgan fingerprint density at radius 2 is 1.80 bits per heavy atom. The van der Waals surface area contributed by atoms with Crippen molar-refractivity contribution in [1.82, 2.24) is 4.90 Å². The summed E-state index contributed by atoms with van der Waals surface area (Å²) in [5.41, 5.74) is -0.966. The van der Waals surface area contributed by atoms with Gasteiger partial charge < -0.3 is 24.4 Å². The first-order chi connectivity index (χ1) is 22.2. The van der Waals surface area contributed by atoms with Gasteiger partial charge in [0.05, 0.1) is 30.8 Å². The van der Waals surface area contributed by atoms with Crippen LogP contribution in [0.3, 0.4) is 0 Å². The summed E-state index contributed by atoms with van der Waals surface area (Å²) in [5.74, 6) is -3.23. The largest absolute Gasteiger partial charge is 0.465 e. The first kappa shape index (κ1) is 31.7. The van der Waals surface area contributed by atoms with Gasteiger partial charge in [0.2, 0.25) is 5.91 Å². The SMILES string of the molecule is C=CCCCOC(=O)[C@@H]1[C@H]2C(=O)N([C@H](CO)c3ccccc3)C(C(=O)N(CC=C)c3ccc4ccccc4c3)C23CC(C)[C@@]1(C)O3. The van der Waals surface area contributed by atoms with Crippen molar-refractivity contribution in [1.29, 1.82) is 0 Å². The molecule has 0 saturated carbocycles. The minimum absolute atomic E-state index is 0.143. The lowest BCUT2D eigenvalue weighted by atomic mass is 9.62. The molecule has 7 atom stereocenters.